The van der Waals surface area contributed by atoms with Crippen LogP contribution in [-0.2, 0) is 10.1 Å². The number of hydrogen-bond acceptors (Lipinski definition) is 4. The lowest BCUT2D eigenvalue weighted by Crippen LogP contribution is -2.48. The van der Waals surface area contributed by atoms with E-state index in [-0.39, 0.29) is 5.92 Å². The maximum Gasteiger partial charge on any atom is 0.273 e. The summed E-state index contributed by atoms with van der Waals surface area (Å²) in [4.78, 5) is 0. The summed E-state index contributed by atoms with van der Waals surface area (Å²) in [7, 11) is -4.25. The van der Waals surface area contributed by atoms with Gasteiger partial charge >= 0.3 is 0 Å². The summed E-state index contributed by atoms with van der Waals surface area (Å²) < 4.78 is 31.9. The average molecular weight is 273 g/mol. The fraction of sp³-hybridized carbons (Fsp3) is 0.667. The van der Waals surface area contributed by atoms with Gasteiger partial charge in [0.15, 0.2) is 0 Å². The van der Waals surface area contributed by atoms with Gasteiger partial charge in [0.05, 0.1) is 12.1 Å². The van der Waals surface area contributed by atoms with E-state index in [0.717, 1.165) is 24.0 Å². The summed E-state index contributed by atoms with van der Waals surface area (Å²) in [6.45, 7) is 3.71. The van der Waals surface area contributed by atoms with Crippen molar-refractivity contribution >= 4 is 10.1 Å². The molecule has 0 amide bonds. The Kier molecular flexibility index (Phi) is 3.40. The fourth-order valence-corrected chi connectivity index (χ4v) is 3.77. The van der Waals surface area contributed by atoms with Crippen molar-refractivity contribution < 1.29 is 18.1 Å². The van der Waals surface area contributed by atoms with Gasteiger partial charge in [-0.1, -0.05) is 18.6 Å². The number of allylic oxidation sites excluding steroid dienone is 2. The van der Waals surface area contributed by atoms with Crippen molar-refractivity contribution in [1.82, 2.24) is 0 Å². The van der Waals surface area contributed by atoms with Crippen LogP contribution in [0.15, 0.2) is 22.8 Å². The van der Waals surface area contributed by atoms with E-state index >= 15 is 0 Å². The van der Waals surface area contributed by atoms with Crippen LogP contribution in [0, 0.1) is 5.92 Å². The summed E-state index contributed by atoms with van der Waals surface area (Å²) in [5.41, 5.74) is 8.26. The highest BCUT2D eigenvalue weighted by Gasteiger charge is 2.41. The standard InChI is InChI=1S/C12H19NO4S/c1-6-3-4-8-7(2)5-9(18(15,16)17)11(13)10(8)12(6)14/h5-6,9,11-12,14H,3-4,13H2,1-2H3,(H,15,16,17). The van der Waals surface area contributed by atoms with E-state index in [2.05, 4.69) is 0 Å². The molecule has 6 heteroatoms. The zero-order chi connectivity index (χ0) is 13.7. The molecular formula is C12H19NO4S. The first-order valence-corrected chi connectivity index (χ1v) is 7.55. The van der Waals surface area contributed by atoms with Gasteiger partial charge in [-0.2, -0.15) is 8.42 Å². The molecule has 4 atom stereocenters. The quantitative estimate of drug-likeness (QED) is 0.608. The molecule has 0 aromatic rings. The molecule has 0 radical (unpaired) electrons. The molecular weight excluding hydrogens is 254 g/mol. The van der Waals surface area contributed by atoms with Gasteiger partial charge in [-0.15, -0.1) is 0 Å². The summed E-state index contributed by atoms with van der Waals surface area (Å²) >= 11 is 0. The molecule has 0 aromatic carbocycles. The van der Waals surface area contributed by atoms with E-state index in [1.807, 2.05) is 6.92 Å². The van der Waals surface area contributed by atoms with E-state index in [1.165, 1.54) is 6.08 Å². The summed E-state index contributed by atoms with van der Waals surface area (Å²) in [6, 6.07) is -0.864. The smallest absolute Gasteiger partial charge is 0.273 e. The van der Waals surface area contributed by atoms with E-state index in [0.29, 0.717) is 5.57 Å². The average Bonchev–Trinajstić information content (AvgIpc) is 2.25. The van der Waals surface area contributed by atoms with Crippen LogP contribution in [0.1, 0.15) is 26.7 Å². The SMILES string of the molecule is CC1=CC(S(=O)(=O)O)C(N)C2=C1CCC(C)C2O. The zero-order valence-corrected chi connectivity index (χ0v) is 11.3. The minimum atomic E-state index is -4.25. The molecule has 4 N–H and O–H groups in total. The predicted octanol–water partition coefficient (Wildman–Crippen LogP) is 0.617. The van der Waals surface area contributed by atoms with Crippen LogP contribution in [0.3, 0.4) is 0 Å². The lowest BCUT2D eigenvalue weighted by Gasteiger charge is -2.38. The Bertz CT molecular complexity index is 520. The highest BCUT2D eigenvalue weighted by Crippen LogP contribution is 2.39. The molecule has 5 nitrogen and oxygen atoms in total. The van der Waals surface area contributed by atoms with Crippen molar-refractivity contribution in [2.24, 2.45) is 11.7 Å². The van der Waals surface area contributed by atoms with Gasteiger partial charge in [-0.3, -0.25) is 4.55 Å². The molecule has 18 heavy (non-hydrogen) atoms. The van der Waals surface area contributed by atoms with Crippen molar-refractivity contribution in [3.8, 4) is 0 Å². The van der Waals surface area contributed by atoms with Gasteiger partial charge in [0, 0.05) is 0 Å². The second-order valence-electron chi connectivity index (χ2n) is 5.25. The Morgan fingerprint density at radius 1 is 1.44 bits per heavy atom. The topological polar surface area (TPSA) is 101 Å². The lowest BCUT2D eigenvalue weighted by atomic mass is 9.74. The van der Waals surface area contributed by atoms with Crippen LogP contribution in [-0.4, -0.2) is 35.5 Å². The second kappa shape index (κ2) is 4.45. The highest BCUT2D eigenvalue weighted by molar-refractivity contribution is 7.86. The van der Waals surface area contributed by atoms with E-state index in [1.54, 1.807) is 6.92 Å². The fourth-order valence-electron chi connectivity index (χ4n) is 2.88. The van der Waals surface area contributed by atoms with Crippen molar-refractivity contribution in [2.75, 3.05) is 0 Å². The first kappa shape index (κ1) is 13.7. The van der Waals surface area contributed by atoms with Crippen LogP contribution >= 0.6 is 0 Å². The predicted molar refractivity (Wildman–Crippen MR) is 68.5 cm³/mol. The molecule has 0 heterocycles. The third-order valence-corrected chi connectivity index (χ3v) is 5.12. The Morgan fingerprint density at radius 2 is 2.06 bits per heavy atom. The largest absolute Gasteiger partial charge is 0.388 e. The number of aliphatic hydroxyl groups excluding tert-OH is 1. The van der Waals surface area contributed by atoms with Crippen LogP contribution in [0.5, 0.6) is 0 Å². The molecule has 2 rings (SSSR count). The monoisotopic (exact) mass is 273 g/mol. The lowest BCUT2D eigenvalue weighted by molar-refractivity contribution is 0.129. The molecule has 0 saturated heterocycles. The molecule has 0 saturated carbocycles. The van der Waals surface area contributed by atoms with Crippen molar-refractivity contribution in [3.05, 3.63) is 22.8 Å². The van der Waals surface area contributed by atoms with Gasteiger partial charge in [-0.05, 0) is 36.8 Å². The number of nitrogens with two attached hydrogens (primary N) is 1. The molecule has 102 valence electrons. The molecule has 0 fully saturated rings. The van der Waals surface area contributed by atoms with Crippen LogP contribution < -0.4 is 5.73 Å². The number of rotatable bonds is 1. The molecule has 0 bridgehead atoms. The van der Waals surface area contributed by atoms with E-state index < -0.39 is 27.5 Å². The summed E-state index contributed by atoms with van der Waals surface area (Å²) in [5, 5.41) is 9.05. The van der Waals surface area contributed by atoms with Crippen molar-refractivity contribution in [3.63, 3.8) is 0 Å². The second-order valence-corrected chi connectivity index (χ2v) is 6.82. The van der Waals surface area contributed by atoms with Gasteiger partial charge in [0.25, 0.3) is 10.1 Å². The normalized spacial score (nSPS) is 37.3. The first-order chi connectivity index (χ1) is 8.23. The van der Waals surface area contributed by atoms with Gasteiger partial charge in [-0.25, -0.2) is 0 Å². The maximum atomic E-state index is 11.3. The number of hydrogen-bond donors (Lipinski definition) is 3. The Labute approximate surface area is 107 Å². The van der Waals surface area contributed by atoms with Gasteiger partial charge in [0.1, 0.15) is 5.25 Å². The van der Waals surface area contributed by atoms with Crippen molar-refractivity contribution in [2.45, 2.75) is 44.1 Å². The molecule has 2 aliphatic rings. The Hall–Kier alpha value is -0.690. The molecule has 0 aliphatic heterocycles. The van der Waals surface area contributed by atoms with Crippen LogP contribution in [0.2, 0.25) is 0 Å². The summed E-state index contributed by atoms with van der Waals surface area (Å²) in [5.74, 6) is 0.0581. The molecule has 0 aromatic heterocycles. The minimum Gasteiger partial charge on any atom is -0.388 e. The Morgan fingerprint density at radius 3 is 2.61 bits per heavy atom. The maximum absolute atomic E-state index is 11.3. The van der Waals surface area contributed by atoms with Crippen LogP contribution in [0.25, 0.3) is 0 Å². The minimum absolute atomic E-state index is 0.0581. The third-order valence-electron chi connectivity index (χ3n) is 4.00. The van der Waals surface area contributed by atoms with E-state index in [4.69, 9.17) is 5.73 Å². The molecule has 4 unspecified atom stereocenters. The molecule has 2 aliphatic carbocycles. The molecule has 0 spiro atoms. The summed E-state index contributed by atoms with van der Waals surface area (Å²) in [6.07, 6.45) is 2.41. The van der Waals surface area contributed by atoms with Crippen molar-refractivity contribution in [1.29, 1.82) is 0 Å². The van der Waals surface area contributed by atoms with Crippen LogP contribution in [0.4, 0.5) is 0 Å². The first-order valence-electron chi connectivity index (χ1n) is 6.05. The van der Waals surface area contributed by atoms with Gasteiger partial charge < -0.3 is 10.8 Å². The Balaban J connectivity index is 2.50. The number of aliphatic hydroxyl groups is 1. The zero-order valence-electron chi connectivity index (χ0n) is 10.5. The van der Waals surface area contributed by atoms with E-state index in [9.17, 15) is 18.1 Å². The highest BCUT2D eigenvalue weighted by atomic mass is 32.2. The van der Waals surface area contributed by atoms with Gasteiger partial charge in [0.2, 0.25) is 0 Å². The third kappa shape index (κ3) is 2.14.